The molecule has 0 aliphatic carbocycles. The predicted octanol–water partition coefficient (Wildman–Crippen LogP) is 11.5. The van der Waals surface area contributed by atoms with Crippen molar-refractivity contribution >= 4 is 28.8 Å². The van der Waals surface area contributed by atoms with Crippen molar-refractivity contribution in [1.29, 1.82) is 0 Å². The SMILES string of the molecule is CCCCN(c1c(C(c2ccccc2)(c2ccc(OC)cc2)c2ccc(OC)cc2)ccc2c1N(N(CCCC)C(O)CCC)c1ccccc1S2)C(O)CCC. The second-order valence-electron chi connectivity index (χ2n) is 14.9. The number of methoxy groups -OCH3 is 2. The van der Waals surface area contributed by atoms with Crippen LogP contribution in [-0.2, 0) is 5.41 Å². The maximum absolute atomic E-state index is 12.5. The molecule has 0 saturated carbocycles. The lowest BCUT2D eigenvalue weighted by Gasteiger charge is -2.48. The summed E-state index contributed by atoms with van der Waals surface area (Å²) in [4.78, 5) is 4.48. The quantitative estimate of drug-likeness (QED) is 0.0597. The number of aliphatic hydroxyl groups is 2. The summed E-state index contributed by atoms with van der Waals surface area (Å²) in [5, 5.41) is 29.1. The zero-order valence-corrected chi connectivity index (χ0v) is 35.5. The largest absolute Gasteiger partial charge is 0.497 e. The van der Waals surface area contributed by atoms with Crippen LogP contribution in [0.25, 0.3) is 0 Å². The highest BCUT2D eigenvalue weighted by atomic mass is 32.2. The van der Waals surface area contributed by atoms with Gasteiger partial charge in [0.15, 0.2) is 0 Å². The van der Waals surface area contributed by atoms with Gasteiger partial charge in [-0.1, -0.05) is 138 Å². The number of hydrazine groups is 1. The highest BCUT2D eigenvalue weighted by Gasteiger charge is 2.45. The molecule has 57 heavy (non-hydrogen) atoms. The van der Waals surface area contributed by atoms with Crippen molar-refractivity contribution in [2.75, 3.05) is 37.2 Å². The fraction of sp³-hybridized carbons (Fsp3) is 0.388. The van der Waals surface area contributed by atoms with Gasteiger partial charge in [0.05, 0.1) is 36.7 Å². The van der Waals surface area contributed by atoms with E-state index < -0.39 is 17.9 Å². The molecule has 0 bridgehead atoms. The molecular formula is C49H61N3O4S. The second-order valence-corrected chi connectivity index (χ2v) is 15.9. The molecular weight excluding hydrogens is 727 g/mol. The maximum Gasteiger partial charge on any atom is 0.126 e. The Bertz CT molecular complexity index is 1960. The number of hydrogen-bond acceptors (Lipinski definition) is 8. The van der Waals surface area contributed by atoms with Crippen molar-refractivity contribution in [3.8, 4) is 11.5 Å². The van der Waals surface area contributed by atoms with Gasteiger partial charge in [0.1, 0.15) is 24.0 Å². The molecule has 1 aliphatic heterocycles. The first-order valence-corrected chi connectivity index (χ1v) is 21.7. The molecule has 8 heteroatoms. The minimum absolute atomic E-state index is 0.609. The van der Waals surface area contributed by atoms with Gasteiger partial charge in [0.2, 0.25) is 0 Å². The van der Waals surface area contributed by atoms with Crippen LogP contribution in [0, 0.1) is 0 Å². The summed E-state index contributed by atoms with van der Waals surface area (Å²) < 4.78 is 11.4. The Labute approximate surface area is 345 Å². The van der Waals surface area contributed by atoms with E-state index in [0.29, 0.717) is 25.9 Å². The van der Waals surface area contributed by atoms with Gasteiger partial charge in [-0.3, -0.25) is 5.01 Å². The Morgan fingerprint density at radius 3 is 1.72 bits per heavy atom. The molecule has 1 aliphatic rings. The molecule has 2 atom stereocenters. The van der Waals surface area contributed by atoms with Crippen LogP contribution in [0.3, 0.4) is 0 Å². The third-order valence-corrected chi connectivity index (χ3v) is 12.2. The molecule has 0 aromatic heterocycles. The third kappa shape index (κ3) is 8.56. The Hall–Kier alpha value is -4.47. The van der Waals surface area contributed by atoms with E-state index in [1.165, 1.54) is 0 Å². The second kappa shape index (κ2) is 19.8. The van der Waals surface area contributed by atoms with Gasteiger partial charge in [-0.2, -0.15) is 5.01 Å². The molecule has 0 radical (unpaired) electrons. The lowest BCUT2D eigenvalue weighted by atomic mass is 9.64. The van der Waals surface area contributed by atoms with Crippen molar-refractivity contribution in [3.05, 3.63) is 138 Å². The number of fused-ring (bicyclic) bond motifs is 2. The average molecular weight is 788 g/mol. The van der Waals surface area contributed by atoms with Gasteiger partial charge in [0.25, 0.3) is 0 Å². The van der Waals surface area contributed by atoms with Gasteiger partial charge in [-0.05, 0) is 90.4 Å². The summed E-state index contributed by atoms with van der Waals surface area (Å²) in [5.74, 6) is 1.56. The Kier molecular flexibility index (Phi) is 14.6. The van der Waals surface area contributed by atoms with E-state index in [1.807, 2.05) is 24.3 Å². The van der Waals surface area contributed by atoms with Crippen LogP contribution in [0.2, 0.25) is 0 Å². The minimum Gasteiger partial charge on any atom is -0.497 e. The molecule has 0 fully saturated rings. The standard InChI is InChI=1S/C49H61N3O4S/c1-7-11-34-50(45(53)18-9-3)47-41(32-33-44-48(47)52(42-22-16-17-23-43(42)57-44)51(35-12-8-2)46(54)19-10-4)49(36-20-14-13-15-21-36,37-24-28-39(55-5)29-25-37)38-26-30-40(56-6)31-27-38/h13-17,20-33,45-46,53-54H,7-12,18-19,34-35H2,1-6H3. The predicted molar refractivity (Wildman–Crippen MR) is 236 cm³/mol. The molecule has 1 heterocycles. The number of anilines is 3. The van der Waals surface area contributed by atoms with Crippen LogP contribution in [0.5, 0.6) is 11.5 Å². The molecule has 5 aromatic rings. The van der Waals surface area contributed by atoms with Gasteiger partial charge < -0.3 is 24.6 Å². The van der Waals surface area contributed by atoms with E-state index in [2.05, 4.69) is 134 Å². The number of rotatable bonds is 20. The first-order valence-electron chi connectivity index (χ1n) is 20.9. The van der Waals surface area contributed by atoms with Crippen molar-refractivity contribution < 1.29 is 19.7 Å². The number of para-hydroxylation sites is 1. The van der Waals surface area contributed by atoms with Crippen molar-refractivity contribution in [2.24, 2.45) is 0 Å². The molecule has 5 aromatic carbocycles. The first-order chi connectivity index (χ1) is 27.9. The summed E-state index contributed by atoms with van der Waals surface area (Å²) >= 11 is 1.76. The van der Waals surface area contributed by atoms with E-state index >= 15 is 0 Å². The number of benzene rings is 5. The summed E-state index contributed by atoms with van der Waals surface area (Å²) in [5.41, 5.74) is 6.35. The number of aliphatic hydroxyl groups excluding tert-OH is 2. The molecule has 302 valence electrons. The molecule has 2 unspecified atom stereocenters. The van der Waals surface area contributed by atoms with E-state index in [0.717, 1.165) is 99.1 Å². The normalized spacial score (nSPS) is 13.5. The summed E-state index contributed by atoms with van der Waals surface area (Å²) in [7, 11) is 3.40. The zero-order chi connectivity index (χ0) is 40.4. The summed E-state index contributed by atoms with van der Waals surface area (Å²) in [6.07, 6.45) is 5.22. The van der Waals surface area contributed by atoms with Gasteiger partial charge in [0, 0.05) is 22.9 Å². The summed E-state index contributed by atoms with van der Waals surface area (Å²) in [6, 6.07) is 40.7. The maximum atomic E-state index is 12.5. The fourth-order valence-corrected chi connectivity index (χ4v) is 9.32. The van der Waals surface area contributed by atoms with E-state index in [4.69, 9.17) is 9.47 Å². The van der Waals surface area contributed by atoms with Crippen LogP contribution in [0.1, 0.15) is 101 Å². The van der Waals surface area contributed by atoms with E-state index in [9.17, 15) is 10.2 Å². The van der Waals surface area contributed by atoms with Crippen molar-refractivity contribution in [3.63, 3.8) is 0 Å². The molecule has 0 saturated heterocycles. The van der Waals surface area contributed by atoms with Gasteiger partial charge in [-0.15, -0.1) is 0 Å². The van der Waals surface area contributed by atoms with Gasteiger partial charge >= 0.3 is 0 Å². The Morgan fingerprint density at radius 1 is 0.596 bits per heavy atom. The highest BCUT2D eigenvalue weighted by Crippen LogP contribution is 2.58. The smallest absolute Gasteiger partial charge is 0.126 e. The monoisotopic (exact) mass is 787 g/mol. The molecule has 7 nitrogen and oxygen atoms in total. The Morgan fingerprint density at radius 2 is 1.14 bits per heavy atom. The zero-order valence-electron chi connectivity index (χ0n) is 34.7. The molecule has 0 amide bonds. The number of hydrogen-bond donors (Lipinski definition) is 2. The topological polar surface area (TPSA) is 68.6 Å². The van der Waals surface area contributed by atoms with Gasteiger partial charge in [-0.25, -0.2) is 0 Å². The number of unbranched alkanes of at least 4 members (excludes halogenated alkanes) is 2. The lowest BCUT2D eigenvalue weighted by molar-refractivity contribution is -0.00465. The number of nitrogens with zero attached hydrogens (tertiary/aromatic N) is 3. The van der Waals surface area contributed by atoms with E-state index in [-0.39, 0.29) is 0 Å². The molecule has 0 spiro atoms. The fourth-order valence-electron chi connectivity index (χ4n) is 8.26. The van der Waals surface area contributed by atoms with Crippen LogP contribution in [0.15, 0.2) is 125 Å². The van der Waals surface area contributed by atoms with E-state index in [1.54, 1.807) is 26.0 Å². The first kappa shape index (κ1) is 42.1. The minimum atomic E-state index is -0.871. The summed E-state index contributed by atoms with van der Waals surface area (Å²) in [6.45, 7) is 10.0. The third-order valence-electron chi connectivity index (χ3n) is 11.1. The lowest BCUT2D eigenvalue weighted by Crippen LogP contribution is -2.49. The molecule has 6 rings (SSSR count). The van der Waals surface area contributed by atoms with Crippen LogP contribution in [0.4, 0.5) is 17.1 Å². The highest BCUT2D eigenvalue weighted by molar-refractivity contribution is 7.99. The van der Waals surface area contributed by atoms with Crippen LogP contribution >= 0.6 is 11.8 Å². The van der Waals surface area contributed by atoms with Crippen LogP contribution in [-0.4, -0.2) is 55.0 Å². The van der Waals surface area contributed by atoms with Crippen LogP contribution < -0.4 is 19.4 Å². The van der Waals surface area contributed by atoms with Crippen molar-refractivity contribution in [2.45, 2.75) is 107 Å². The average Bonchev–Trinajstić information content (AvgIpc) is 3.25. The molecule has 2 N–H and O–H groups in total. The number of ether oxygens (including phenoxy) is 2. The van der Waals surface area contributed by atoms with Crippen molar-refractivity contribution in [1.82, 2.24) is 5.01 Å². The Balaban J connectivity index is 1.83.